The first-order chi connectivity index (χ1) is 15.1. The van der Waals surface area contributed by atoms with Crippen molar-refractivity contribution in [3.8, 4) is 5.75 Å². The number of nitrogens with zero attached hydrogens (tertiary/aromatic N) is 1. The minimum Gasteiger partial charge on any atom is -0.497 e. The molecule has 172 valence electrons. The van der Waals surface area contributed by atoms with Gasteiger partial charge in [-0.05, 0) is 42.0 Å². The maximum atomic E-state index is 12.6. The molecule has 2 rings (SSSR count). The Bertz CT molecular complexity index is 1050. The molecule has 2 aromatic rings. The highest BCUT2D eigenvalue weighted by atomic mass is 32.2. The third-order valence-electron chi connectivity index (χ3n) is 4.34. The summed E-state index contributed by atoms with van der Waals surface area (Å²) in [5, 5.41) is 7.60. The van der Waals surface area contributed by atoms with Crippen molar-refractivity contribution >= 4 is 33.4 Å². The lowest BCUT2D eigenvalue weighted by atomic mass is 10.2. The molecule has 11 heteroatoms. The van der Waals surface area contributed by atoms with E-state index in [1.807, 2.05) is 0 Å². The lowest BCUT2D eigenvalue weighted by Crippen LogP contribution is -2.42. The van der Waals surface area contributed by atoms with E-state index in [-0.39, 0.29) is 23.9 Å². The maximum absolute atomic E-state index is 12.6. The average Bonchev–Trinajstić information content (AvgIpc) is 2.76. The van der Waals surface area contributed by atoms with E-state index in [1.165, 1.54) is 38.2 Å². The summed E-state index contributed by atoms with van der Waals surface area (Å²) in [6, 6.07) is 12.7. The van der Waals surface area contributed by atoms with E-state index in [0.29, 0.717) is 11.4 Å². The fraction of sp³-hybridized carbons (Fsp3) is 0.286. The summed E-state index contributed by atoms with van der Waals surface area (Å²) >= 11 is 0. The van der Waals surface area contributed by atoms with E-state index in [0.717, 1.165) is 9.87 Å². The molecule has 3 N–H and O–H groups in total. The molecule has 0 saturated heterocycles. The lowest BCUT2D eigenvalue weighted by molar-refractivity contribution is -0.126. The summed E-state index contributed by atoms with van der Waals surface area (Å²) in [5.41, 5.74) is 1.32. The molecule has 0 saturated carbocycles. The summed E-state index contributed by atoms with van der Waals surface area (Å²) in [6.07, 6.45) is 0. The zero-order valence-electron chi connectivity index (χ0n) is 18.0. The SMILES string of the molecule is COc1ccc(CNC(=O)CNC(=O)CN(C)S(=O)(=O)c2ccc(NC(C)=O)cc2)cc1. The molecule has 10 nitrogen and oxygen atoms in total. The highest BCUT2D eigenvalue weighted by Crippen LogP contribution is 2.17. The first kappa shape index (κ1) is 24.8. The minimum absolute atomic E-state index is 0.0286. The molecule has 0 unspecified atom stereocenters. The van der Waals surface area contributed by atoms with Crippen molar-refractivity contribution in [2.24, 2.45) is 0 Å². The molecule has 0 aliphatic carbocycles. The van der Waals surface area contributed by atoms with Crippen LogP contribution >= 0.6 is 0 Å². The molecule has 0 aliphatic heterocycles. The summed E-state index contributed by atoms with van der Waals surface area (Å²) in [6.45, 7) is 0.883. The molecule has 2 aromatic carbocycles. The molecule has 3 amide bonds. The molecule has 0 aliphatic rings. The number of amides is 3. The molecule has 0 radical (unpaired) electrons. The van der Waals surface area contributed by atoms with Crippen LogP contribution in [0.5, 0.6) is 5.75 Å². The molecule has 0 heterocycles. The molecule has 0 spiro atoms. The van der Waals surface area contributed by atoms with Gasteiger partial charge in [-0.2, -0.15) is 4.31 Å². The number of likely N-dealkylation sites (N-methyl/N-ethyl adjacent to an activating group) is 1. The fourth-order valence-electron chi connectivity index (χ4n) is 2.62. The van der Waals surface area contributed by atoms with E-state index < -0.39 is 28.4 Å². The van der Waals surface area contributed by atoms with Crippen LogP contribution in [-0.2, 0) is 31.0 Å². The monoisotopic (exact) mass is 462 g/mol. The number of benzene rings is 2. The summed E-state index contributed by atoms with van der Waals surface area (Å²) in [7, 11) is -1.10. The van der Waals surface area contributed by atoms with Crippen LogP contribution in [0.3, 0.4) is 0 Å². The van der Waals surface area contributed by atoms with Crippen LogP contribution in [0.25, 0.3) is 0 Å². The first-order valence-electron chi connectivity index (χ1n) is 9.62. The quantitative estimate of drug-likeness (QED) is 0.476. The Balaban J connectivity index is 1.81. The number of carbonyl (C=O) groups is 3. The molecule has 0 bridgehead atoms. The van der Waals surface area contributed by atoms with Crippen LogP contribution in [0.1, 0.15) is 12.5 Å². The Morgan fingerprint density at radius 1 is 0.938 bits per heavy atom. The number of nitrogens with one attached hydrogen (secondary N) is 3. The molecule has 0 atom stereocenters. The van der Waals surface area contributed by atoms with E-state index >= 15 is 0 Å². The zero-order chi connectivity index (χ0) is 23.7. The summed E-state index contributed by atoms with van der Waals surface area (Å²) in [4.78, 5) is 35.1. The van der Waals surface area contributed by atoms with Gasteiger partial charge in [-0.15, -0.1) is 0 Å². The molecular weight excluding hydrogens is 436 g/mol. The molecule has 32 heavy (non-hydrogen) atoms. The highest BCUT2D eigenvalue weighted by Gasteiger charge is 2.23. The number of hydrogen-bond donors (Lipinski definition) is 3. The van der Waals surface area contributed by atoms with Crippen LogP contribution in [0, 0.1) is 0 Å². The van der Waals surface area contributed by atoms with Gasteiger partial charge in [0.15, 0.2) is 0 Å². The van der Waals surface area contributed by atoms with Crippen LogP contribution in [0.4, 0.5) is 5.69 Å². The number of ether oxygens (including phenoxy) is 1. The van der Waals surface area contributed by atoms with Crippen LogP contribution in [0.2, 0.25) is 0 Å². The predicted molar refractivity (Wildman–Crippen MR) is 118 cm³/mol. The van der Waals surface area contributed by atoms with E-state index in [1.54, 1.807) is 31.4 Å². The van der Waals surface area contributed by atoms with Gasteiger partial charge in [-0.1, -0.05) is 12.1 Å². The number of rotatable bonds is 10. The van der Waals surface area contributed by atoms with Crippen molar-refractivity contribution in [1.29, 1.82) is 0 Å². The topological polar surface area (TPSA) is 134 Å². The van der Waals surface area contributed by atoms with Crippen molar-refractivity contribution in [2.75, 3.05) is 32.6 Å². The Morgan fingerprint density at radius 3 is 2.12 bits per heavy atom. The van der Waals surface area contributed by atoms with Gasteiger partial charge in [-0.25, -0.2) is 8.42 Å². The Labute approximate surface area is 187 Å². The van der Waals surface area contributed by atoms with Crippen LogP contribution in [0.15, 0.2) is 53.4 Å². The fourth-order valence-corrected chi connectivity index (χ4v) is 3.75. The van der Waals surface area contributed by atoms with Gasteiger partial charge in [0, 0.05) is 26.2 Å². The second-order valence-corrected chi connectivity index (χ2v) is 8.91. The first-order valence-corrected chi connectivity index (χ1v) is 11.1. The lowest BCUT2D eigenvalue weighted by Gasteiger charge is -2.17. The second-order valence-electron chi connectivity index (χ2n) is 6.87. The van der Waals surface area contributed by atoms with Gasteiger partial charge < -0.3 is 20.7 Å². The van der Waals surface area contributed by atoms with E-state index in [9.17, 15) is 22.8 Å². The minimum atomic E-state index is -3.92. The number of anilines is 1. The molecular formula is C21H26N4O6S. The summed E-state index contributed by atoms with van der Waals surface area (Å²) in [5.74, 6) is -0.601. The largest absolute Gasteiger partial charge is 0.497 e. The molecule has 0 aromatic heterocycles. The van der Waals surface area contributed by atoms with Gasteiger partial charge in [-0.3, -0.25) is 14.4 Å². The summed E-state index contributed by atoms with van der Waals surface area (Å²) < 4.78 is 31.2. The zero-order valence-corrected chi connectivity index (χ0v) is 18.9. The third-order valence-corrected chi connectivity index (χ3v) is 6.16. The smallest absolute Gasteiger partial charge is 0.243 e. The van der Waals surface area contributed by atoms with Gasteiger partial charge in [0.1, 0.15) is 5.75 Å². The maximum Gasteiger partial charge on any atom is 0.243 e. The Hall–Kier alpha value is -3.44. The van der Waals surface area contributed by atoms with Gasteiger partial charge in [0.2, 0.25) is 27.7 Å². The number of carbonyl (C=O) groups excluding carboxylic acids is 3. The third kappa shape index (κ3) is 7.36. The van der Waals surface area contributed by atoms with E-state index in [4.69, 9.17) is 4.74 Å². The van der Waals surface area contributed by atoms with Crippen molar-refractivity contribution in [1.82, 2.24) is 14.9 Å². The van der Waals surface area contributed by atoms with Gasteiger partial charge in [0.05, 0.1) is 25.1 Å². The average molecular weight is 463 g/mol. The Kier molecular flexibility index (Phi) is 8.73. The highest BCUT2D eigenvalue weighted by molar-refractivity contribution is 7.89. The number of methoxy groups -OCH3 is 1. The van der Waals surface area contributed by atoms with Crippen LogP contribution in [-0.4, -0.2) is 57.7 Å². The number of sulfonamides is 1. The van der Waals surface area contributed by atoms with Gasteiger partial charge >= 0.3 is 0 Å². The predicted octanol–water partition coefficient (Wildman–Crippen LogP) is 0.707. The van der Waals surface area contributed by atoms with Crippen molar-refractivity contribution in [3.63, 3.8) is 0 Å². The van der Waals surface area contributed by atoms with E-state index in [2.05, 4.69) is 16.0 Å². The van der Waals surface area contributed by atoms with Crippen molar-refractivity contribution in [2.45, 2.75) is 18.4 Å². The standard InChI is InChI=1S/C21H26N4O6S/c1-15(26)24-17-6-10-19(11-7-17)32(29,30)25(2)14-21(28)23-13-20(27)22-12-16-4-8-18(31-3)9-5-16/h4-11H,12-14H2,1-3H3,(H,22,27)(H,23,28)(H,24,26). The number of hydrogen-bond acceptors (Lipinski definition) is 6. The van der Waals surface area contributed by atoms with Crippen molar-refractivity contribution < 1.29 is 27.5 Å². The van der Waals surface area contributed by atoms with Gasteiger partial charge in [0.25, 0.3) is 0 Å². The second kappa shape index (κ2) is 11.3. The normalized spacial score (nSPS) is 11.0. The Morgan fingerprint density at radius 2 is 1.56 bits per heavy atom. The van der Waals surface area contributed by atoms with Crippen molar-refractivity contribution in [3.05, 3.63) is 54.1 Å². The molecule has 0 fully saturated rings. The van der Waals surface area contributed by atoms with Crippen LogP contribution < -0.4 is 20.7 Å².